The average Bonchev–Trinajstić information content (AvgIpc) is 3.07. The maximum atomic E-state index is 12.3. The van der Waals surface area contributed by atoms with E-state index >= 15 is 0 Å². The number of ether oxygens (including phenoxy) is 1. The zero-order chi connectivity index (χ0) is 15.0. The smallest absolute Gasteiger partial charge is 0.233 e. The van der Waals surface area contributed by atoms with E-state index in [1.54, 1.807) is 7.11 Å². The number of carbonyl (C=O) groups is 2. The number of benzene rings is 1. The van der Waals surface area contributed by atoms with E-state index in [1.807, 2.05) is 24.3 Å². The molecule has 3 unspecified atom stereocenters. The standard InChI is InChI=1S/C16H20N2O3/c1-21-14-8-3-2-5-12(14)13(17)9-18-15(19)10-6-4-7-11(10)16(18)20/h2-3,5,8,10-11,13H,4,6-7,9,17H2,1H3. The number of para-hydroxylation sites is 1. The summed E-state index contributed by atoms with van der Waals surface area (Å²) in [4.78, 5) is 26.0. The van der Waals surface area contributed by atoms with Crippen molar-refractivity contribution in [2.24, 2.45) is 17.6 Å². The zero-order valence-corrected chi connectivity index (χ0v) is 12.1. The summed E-state index contributed by atoms with van der Waals surface area (Å²) in [7, 11) is 1.59. The number of nitrogens with zero attached hydrogens (tertiary/aromatic N) is 1. The lowest BCUT2D eigenvalue weighted by Gasteiger charge is -2.22. The largest absolute Gasteiger partial charge is 0.496 e. The lowest BCUT2D eigenvalue weighted by Crippen LogP contribution is -2.38. The molecule has 1 aliphatic heterocycles. The Morgan fingerprint density at radius 2 is 1.86 bits per heavy atom. The van der Waals surface area contributed by atoms with Crippen molar-refractivity contribution in [1.82, 2.24) is 4.90 Å². The average molecular weight is 288 g/mol. The van der Waals surface area contributed by atoms with Crippen LogP contribution in [0.4, 0.5) is 0 Å². The molecule has 1 aliphatic carbocycles. The fourth-order valence-corrected chi connectivity index (χ4v) is 3.51. The van der Waals surface area contributed by atoms with E-state index in [2.05, 4.69) is 0 Å². The lowest BCUT2D eigenvalue weighted by atomic mass is 10.00. The van der Waals surface area contributed by atoms with Crippen molar-refractivity contribution in [2.75, 3.05) is 13.7 Å². The first kappa shape index (κ1) is 14.1. The van der Waals surface area contributed by atoms with Crippen LogP contribution >= 0.6 is 0 Å². The van der Waals surface area contributed by atoms with Gasteiger partial charge in [0.15, 0.2) is 0 Å². The van der Waals surface area contributed by atoms with Gasteiger partial charge in [0.05, 0.1) is 25.0 Å². The molecule has 1 saturated heterocycles. The van der Waals surface area contributed by atoms with Crippen LogP contribution in [0, 0.1) is 11.8 Å². The highest BCUT2D eigenvalue weighted by molar-refractivity contribution is 6.05. The van der Waals surface area contributed by atoms with Gasteiger partial charge in [0.1, 0.15) is 5.75 Å². The molecule has 0 bridgehead atoms. The quantitative estimate of drug-likeness (QED) is 0.852. The van der Waals surface area contributed by atoms with Gasteiger partial charge in [0, 0.05) is 12.1 Å². The number of rotatable bonds is 4. The highest BCUT2D eigenvalue weighted by atomic mass is 16.5. The van der Waals surface area contributed by atoms with Crippen molar-refractivity contribution in [3.63, 3.8) is 0 Å². The van der Waals surface area contributed by atoms with E-state index in [0.29, 0.717) is 5.75 Å². The summed E-state index contributed by atoms with van der Waals surface area (Å²) in [6.07, 6.45) is 2.63. The molecule has 5 heteroatoms. The molecule has 2 fully saturated rings. The van der Waals surface area contributed by atoms with Crippen LogP contribution < -0.4 is 10.5 Å². The minimum atomic E-state index is -0.423. The molecule has 112 valence electrons. The fourth-order valence-electron chi connectivity index (χ4n) is 3.51. The third-order valence-electron chi connectivity index (χ3n) is 4.60. The molecule has 2 N–H and O–H groups in total. The molecule has 1 heterocycles. The van der Waals surface area contributed by atoms with Crippen molar-refractivity contribution < 1.29 is 14.3 Å². The molecule has 3 rings (SSSR count). The summed E-state index contributed by atoms with van der Waals surface area (Å²) in [5.74, 6) is 0.370. The molecular formula is C16H20N2O3. The summed E-state index contributed by atoms with van der Waals surface area (Å²) in [6.45, 7) is 0.227. The maximum Gasteiger partial charge on any atom is 0.233 e. The molecule has 21 heavy (non-hydrogen) atoms. The Morgan fingerprint density at radius 3 is 2.48 bits per heavy atom. The van der Waals surface area contributed by atoms with Gasteiger partial charge in [-0.15, -0.1) is 0 Å². The van der Waals surface area contributed by atoms with Crippen LogP contribution in [-0.2, 0) is 9.59 Å². The van der Waals surface area contributed by atoms with Crippen molar-refractivity contribution >= 4 is 11.8 Å². The van der Waals surface area contributed by atoms with Crippen LogP contribution in [0.5, 0.6) is 5.75 Å². The number of fused-ring (bicyclic) bond motifs is 1. The summed E-state index contributed by atoms with van der Waals surface area (Å²) in [5.41, 5.74) is 7.02. The van der Waals surface area contributed by atoms with Gasteiger partial charge >= 0.3 is 0 Å². The Morgan fingerprint density at radius 1 is 1.24 bits per heavy atom. The fraction of sp³-hybridized carbons (Fsp3) is 0.500. The number of hydrogen-bond donors (Lipinski definition) is 1. The van der Waals surface area contributed by atoms with E-state index in [1.165, 1.54) is 4.90 Å². The summed E-state index contributed by atoms with van der Waals surface area (Å²) < 4.78 is 5.29. The molecular weight excluding hydrogens is 268 g/mol. The maximum absolute atomic E-state index is 12.3. The molecule has 2 amide bonds. The minimum absolute atomic E-state index is 0.0483. The van der Waals surface area contributed by atoms with Gasteiger partial charge in [-0.1, -0.05) is 24.6 Å². The Balaban J connectivity index is 1.77. The normalized spacial score (nSPS) is 26.1. The first-order chi connectivity index (χ1) is 10.1. The third kappa shape index (κ3) is 2.31. The molecule has 5 nitrogen and oxygen atoms in total. The number of amides is 2. The first-order valence-corrected chi connectivity index (χ1v) is 7.37. The predicted octanol–water partition coefficient (Wildman–Crippen LogP) is 1.48. The Hall–Kier alpha value is -1.88. The van der Waals surface area contributed by atoms with Gasteiger partial charge in [-0.05, 0) is 18.9 Å². The van der Waals surface area contributed by atoms with Crippen molar-refractivity contribution in [3.05, 3.63) is 29.8 Å². The van der Waals surface area contributed by atoms with Crippen molar-refractivity contribution in [2.45, 2.75) is 25.3 Å². The molecule has 0 aromatic heterocycles. The number of methoxy groups -OCH3 is 1. The summed E-state index contributed by atoms with van der Waals surface area (Å²) in [5, 5.41) is 0. The number of likely N-dealkylation sites (tertiary alicyclic amines) is 1. The highest BCUT2D eigenvalue weighted by Crippen LogP contribution is 2.40. The van der Waals surface area contributed by atoms with Crippen LogP contribution in [0.3, 0.4) is 0 Å². The van der Waals surface area contributed by atoms with E-state index in [9.17, 15) is 9.59 Å². The highest BCUT2D eigenvalue weighted by Gasteiger charge is 2.49. The molecule has 0 spiro atoms. The first-order valence-electron chi connectivity index (χ1n) is 7.37. The molecule has 2 aliphatic rings. The predicted molar refractivity (Wildman–Crippen MR) is 77.5 cm³/mol. The Kier molecular flexibility index (Phi) is 3.68. The van der Waals surface area contributed by atoms with Gasteiger partial charge < -0.3 is 10.5 Å². The SMILES string of the molecule is COc1ccccc1C(N)CN1C(=O)C2CCCC2C1=O. The Labute approximate surface area is 124 Å². The van der Waals surface area contributed by atoms with Crippen molar-refractivity contribution in [1.29, 1.82) is 0 Å². The van der Waals surface area contributed by atoms with Crippen LogP contribution in [0.2, 0.25) is 0 Å². The second-order valence-corrected chi connectivity index (χ2v) is 5.78. The monoisotopic (exact) mass is 288 g/mol. The van der Waals surface area contributed by atoms with Gasteiger partial charge in [-0.2, -0.15) is 0 Å². The topological polar surface area (TPSA) is 72.6 Å². The Bertz CT molecular complexity index is 550. The number of carbonyl (C=O) groups excluding carboxylic acids is 2. The summed E-state index contributed by atoms with van der Waals surface area (Å²) in [6, 6.07) is 7.02. The van der Waals surface area contributed by atoms with Crippen LogP contribution in [0.15, 0.2) is 24.3 Å². The summed E-state index contributed by atoms with van der Waals surface area (Å²) >= 11 is 0. The minimum Gasteiger partial charge on any atom is -0.496 e. The van der Waals surface area contributed by atoms with Gasteiger partial charge in [0.25, 0.3) is 0 Å². The van der Waals surface area contributed by atoms with Gasteiger partial charge in [-0.3, -0.25) is 14.5 Å². The molecule has 3 atom stereocenters. The lowest BCUT2D eigenvalue weighted by molar-refractivity contribution is -0.140. The third-order valence-corrected chi connectivity index (χ3v) is 4.60. The zero-order valence-electron chi connectivity index (χ0n) is 12.1. The van der Waals surface area contributed by atoms with Crippen LogP contribution in [0.25, 0.3) is 0 Å². The second-order valence-electron chi connectivity index (χ2n) is 5.78. The molecule has 1 aromatic carbocycles. The van der Waals surface area contributed by atoms with Crippen LogP contribution in [0.1, 0.15) is 30.9 Å². The number of hydrogen-bond acceptors (Lipinski definition) is 4. The van der Waals surface area contributed by atoms with Crippen molar-refractivity contribution in [3.8, 4) is 5.75 Å². The number of nitrogens with two attached hydrogens (primary N) is 1. The van der Waals surface area contributed by atoms with E-state index < -0.39 is 6.04 Å². The molecule has 1 saturated carbocycles. The molecule has 1 aromatic rings. The van der Waals surface area contributed by atoms with Crippen LogP contribution in [-0.4, -0.2) is 30.4 Å². The van der Waals surface area contributed by atoms with E-state index in [4.69, 9.17) is 10.5 Å². The van der Waals surface area contributed by atoms with E-state index in [0.717, 1.165) is 24.8 Å². The van der Waals surface area contributed by atoms with E-state index in [-0.39, 0.29) is 30.2 Å². The molecule has 0 radical (unpaired) electrons. The second kappa shape index (κ2) is 5.48. The number of imide groups is 1. The van der Waals surface area contributed by atoms with Gasteiger partial charge in [-0.25, -0.2) is 0 Å². The van der Waals surface area contributed by atoms with Gasteiger partial charge in [0.2, 0.25) is 11.8 Å².